The highest BCUT2D eigenvalue weighted by Crippen LogP contribution is 2.12. The van der Waals surface area contributed by atoms with Crippen LogP contribution in [0.2, 0.25) is 0 Å². The topological polar surface area (TPSA) is 72.2 Å². The Hall–Kier alpha value is -1.68. The van der Waals surface area contributed by atoms with Crippen LogP contribution >= 0.6 is 0 Å². The zero-order valence-corrected chi connectivity index (χ0v) is 16.3. The van der Waals surface area contributed by atoms with E-state index in [-0.39, 0.29) is 5.91 Å². The number of hydrogen-bond acceptors (Lipinski definition) is 3. The van der Waals surface area contributed by atoms with Crippen LogP contribution in [-0.2, 0) is 9.59 Å². The third kappa shape index (κ3) is 10.3. The van der Waals surface area contributed by atoms with E-state index in [4.69, 9.17) is 5.73 Å². The molecule has 1 rings (SSSR count). The van der Waals surface area contributed by atoms with Crippen molar-refractivity contribution in [3.05, 3.63) is 35.9 Å². The van der Waals surface area contributed by atoms with Gasteiger partial charge in [-0.05, 0) is 12.0 Å². The summed E-state index contributed by atoms with van der Waals surface area (Å²) >= 11 is 0. The molecule has 26 heavy (non-hydrogen) atoms. The van der Waals surface area contributed by atoms with Gasteiger partial charge in [-0.2, -0.15) is 0 Å². The number of amides is 2. The molecule has 1 aromatic carbocycles. The van der Waals surface area contributed by atoms with Crippen molar-refractivity contribution < 1.29 is 9.59 Å². The third-order valence-electron chi connectivity index (χ3n) is 4.71. The van der Waals surface area contributed by atoms with Crippen molar-refractivity contribution in [2.75, 3.05) is 0 Å². The first kappa shape index (κ1) is 22.4. The van der Waals surface area contributed by atoms with Crippen LogP contribution < -0.4 is 11.1 Å². The smallest absolute Gasteiger partial charge is 0.248 e. The SMILES string of the molecule is CCCCCCCCCCCCCC(=O)NC(=O)C(N)c1ccccc1. The molecule has 4 heteroatoms. The van der Waals surface area contributed by atoms with Gasteiger partial charge in [-0.15, -0.1) is 0 Å². The lowest BCUT2D eigenvalue weighted by Gasteiger charge is -2.11. The molecule has 1 atom stereocenters. The van der Waals surface area contributed by atoms with E-state index in [1.54, 1.807) is 12.1 Å². The summed E-state index contributed by atoms with van der Waals surface area (Å²) in [7, 11) is 0. The predicted molar refractivity (Wildman–Crippen MR) is 108 cm³/mol. The zero-order chi connectivity index (χ0) is 19.0. The Morgan fingerprint density at radius 3 is 1.88 bits per heavy atom. The Labute approximate surface area is 158 Å². The zero-order valence-electron chi connectivity index (χ0n) is 16.3. The molecule has 0 aliphatic carbocycles. The Balaban J connectivity index is 2.00. The fraction of sp³-hybridized carbons (Fsp3) is 0.636. The molecule has 1 aromatic rings. The van der Waals surface area contributed by atoms with Crippen molar-refractivity contribution in [2.24, 2.45) is 5.73 Å². The molecule has 0 aromatic heterocycles. The minimum absolute atomic E-state index is 0.225. The predicted octanol–water partition coefficient (Wildman–Crippen LogP) is 5.03. The maximum atomic E-state index is 12.0. The minimum Gasteiger partial charge on any atom is -0.316 e. The highest BCUT2D eigenvalue weighted by molar-refractivity contribution is 5.98. The number of benzene rings is 1. The number of unbranched alkanes of at least 4 members (excludes halogenated alkanes) is 10. The summed E-state index contributed by atoms with van der Waals surface area (Å²) in [6.07, 6.45) is 14.1. The second kappa shape index (κ2) is 14.5. The van der Waals surface area contributed by atoms with E-state index in [9.17, 15) is 9.59 Å². The van der Waals surface area contributed by atoms with Gasteiger partial charge in [0, 0.05) is 6.42 Å². The first-order chi connectivity index (χ1) is 12.6. The lowest BCUT2D eigenvalue weighted by atomic mass is 10.0. The molecule has 0 radical (unpaired) electrons. The van der Waals surface area contributed by atoms with Crippen molar-refractivity contribution >= 4 is 11.8 Å². The monoisotopic (exact) mass is 360 g/mol. The van der Waals surface area contributed by atoms with Gasteiger partial charge in [0.1, 0.15) is 6.04 Å². The molecule has 2 amide bonds. The molecular formula is C22H36N2O2. The van der Waals surface area contributed by atoms with Crippen LogP contribution in [-0.4, -0.2) is 11.8 Å². The van der Waals surface area contributed by atoms with Crippen LogP contribution in [0.3, 0.4) is 0 Å². The molecule has 0 aliphatic heterocycles. The summed E-state index contributed by atoms with van der Waals surface area (Å²) in [5.74, 6) is -0.651. The average molecular weight is 361 g/mol. The van der Waals surface area contributed by atoms with Gasteiger partial charge >= 0.3 is 0 Å². The van der Waals surface area contributed by atoms with Crippen LogP contribution in [0, 0.1) is 0 Å². The van der Waals surface area contributed by atoms with Crippen molar-refractivity contribution in [3.8, 4) is 0 Å². The highest BCUT2D eigenvalue weighted by atomic mass is 16.2. The molecule has 4 nitrogen and oxygen atoms in total. The lowest BCUT2D eigenvalue weighted by molar-refractivity contribution is -0.131. The average Bonchev–Trinajstić information content (AvgIpc) is 2.66. The Bertz CT molecular complexity index is 502. The second-order valence-electron chi connectivity index (χ2n) is 7.09. The Morgan fingerprint density at radius 2 is 1.35 bits per heavy atom. The van der Waals surface area contributed by atoms with Gasteiger partial charge in [-0.25, -0.2) is 0 Å². The first-order valence-corrected chi connectivity index (χ1v) is 10.3. The third-order valence-corrected chi connectivity index (χ3v) is 4.71. The van der Waals surface area contributed by atoms with Gasteiger partial charge < -0.3 is 5.73 Å². The number of hydrogen-bond donors (Lipinski definition) is 2. The summed E-state index contributed by atoms with van der Waals surface area (Å²) in [6, 6.07) is 8.31. The number of carbonyl (C=O) groups excluding carboxylic acids is 2. The van der Waals surface area contributed by atoms with Crippen molar-refractivity contribution in [2.45, 2.75) is 90.0 Å². The maximum absolute atomic E-state index is 12.0. The van der Waals surface area contributed by atoms with E-state index in [0.29, 0.717) is 12.0 Å². The largest absolute Gasteiger partial charge is 0.316 e. The summed E-state index contributed by atoms with van der Waals surface area (Å²) in [5.41, 5.74) is 6.60. The maximum Gasteiger partial charge on any atom is 0.248 e. The molecule has 0 heterocycles. The van der Waals surface area contributed by atoms with Crippen molar-refractivity contribution in [3.63, 3.8) is 0 Å². The number of nitrogens with one attached hydrogen (secondary N) is 1. The molecule has 3 N–H and O–H groups in total. The van der Waals surface area contributed by atoms with E-state index >= 15 is 0 Å². The van der Waals surface area contributed by atoms with Gasteiger partial charge in [-0.3, -0.25) is 14.9 Å². The normalized spacial score (nSPS) is 11.9. The molecule has 0 saturated heterocycles. The molecule has 1 unspecified atom stereocenters. The fourth-order valence-electron chi connectivity index (χ4n) is 3.04. The molecule has 0 saturated carbocycles. The van der Waals surface area contributed by atoms with E-state index in [2.05, 4.69) is 12.2 Å². The fourth-order valence-corrected chi connectivity index (χ4v) is 3.04. The number of rotatable bonds is 14. The standard InChI is InChI=1S/C22H36N2O2/c1-2-3-4-5-6-7-8-9-10-11-15-18-20(25)24-22(26)21(23)19-16-13-12-14-17-19/h12-14,16-17,21H,2-11,15,18,23H2,1H3,(H,24,25,26). The van der Waals surface area contributed by atoms with Gasteiger partial charge in [0.15, 0.2) is 0 Å². The molecule has 0 bridgehead atoms. The molecule has 0 aliphatic rings. The number of nitrogens with two attached hydrogens (primary N) is 1. The summed E-state index contributed by atoms with van der Waals surface area (Å²) in [5, 5.41) is 2.41. The second-order valence-corrected chi connectivity index (χ2v) is 7.09. The Morgan fingerprint density at radius 1 is 0.846 bits per heavy atom. The molecular weight excluding hydrogens is 324 g/mol. The first-order valence-electron chi connectivity index (χ1n) is 10.3. The Kier molecular flexibility index (Phi) is 12.5. The van der Waals surface area contributed by atoms with Crippen LogP contribution in [0.5, 0.6) is 0 Å². The number of imide groups is 1. The molecule has 146 valence electrons. The van der Waals surface area contributed by atoms with Crippen LogP contribution in [0.15, 0.2) is 30.3 Å². The summed E-state index contributed by atoms with van der Waals surface area (Å²) < 4.78 is 0. The van der Waals surface area contributed by atoms with E-state index in [1.807, 2.05) is 18.2 Å². The molecule has 0 fully saturated rings. The van der Waals surface area contributed by atoms with Gasteiger partial charge in [0.2, 0.25) is 11.8 Å². The summed E-state index contributed by atoms with van der Waals surface area (Å²) in [4.78, 5) is 23.9. The van der Waals surface area contributed by atoms with Gasteiger partial charge in [-0.1, -0.05) is 101 Å². The summed E-state index contributed by atoms with van der Waals surface area (Å²) in [6.45, 7) is 2.24. The van der Waals surface area contributed by atoms with E-state index < -0.39 is 11.9 Å². The van der Waals surface area contributed by atoms with Crippen LogP contribution in [0.4, 0.5) is 0 Å². The van der Waals surface area contributed by atoms with Crippen molar-refractivity contribution in [1.29, 1.82) is 0 Å². The number of carbonyl (C=O) groups is 2. The van der Waals surface area contributed by atoms with E-state index in [0.717, 1.165) is 12.8 Å². The lowest BCUT2D eigenvalue weighted by Crippen LogP contribution is -2.37. The van der Waals surface area contributed by atoms with Gasteiger partial charge in [0.05, 0.1) is 0 Å². The minimum atomic E-state index is -0.794. The molecule has 0 spiro atoms. The highest BCUT2D eigenvalue weighted by Gasteiger charge is 2.17. The van der Waals surface area contributed by atoms with Gasteiger partial charge in [0.25, 0.3) is 0 Å². The van der Waals surface area contributed by atoms with E-state index in [1.165, 1.54) is 57.8 Å². The quantitative estimate of drug-likeness (QED) is 0.457. The van der Waals surface area contributed by atoms with Crippen LogP contribution in [0.25, 0.3) is 0 Å². The van der Waals surface area contributed by atoms with Crippen molar-refractivity contribution in [1.82, 2.24) is 5.32 Å². The van der Waals surface area contributed by atoms with Crippen LogP contribution in [0.1, 0.15) is 95.6 Å².